The van der Waals surface area contributed by atoms with Crippen molar-refractivity contribution in [1.82, 2.24) is 20.9 Å². The number of ketones is 1. The summed E-state index contributed by atoms with van der Waals surface area (Å²) in [6.07, 6.45) is 6.00. The van der Waals surface area contributed by atoms with Crippen molar-refractivity contribution in [2.45, 2.75) is 138 Å². The van der Waals surface area contributed by atoms with E-state index in [1.165, 1.54) is 24.7 Å². The van der Waals surface area contributed by atoms with Crippen LogP contribution in [-0.4, -0.2) is 77.2 Å². The number of hydrogen-bond donors (Lipinski definition) is 4. The fourth-order valence-electron chi connectivity index (χ4n) is 4.94. The SMILES string of the molecule is CC(NC(=O)[C@@H]1CCCN1C(=O)C(NC(=O)NC(CC(C)(C)C)C(=O)OC(C)C1CC1)C(C)(C)C)C(=O)C(N)=O.CC1CC1. The summed E-state index contributed by atoms with van der Waals surface area (Å²) in [6.45, 7) is 17.0. The van der Waals surface area contributed by atoms with Crippen molar-refractivity contribution in [3.05, 3.63) is 0 Å². The number of hydrogen-bond acceptors (Lipinski definition) is 7. The molecular weight excluding hydrogens is 566 g/mol. The Labute approximate surface area is 262 Å². The number of esters is 1. The quantitative estimate of drug-likeness (QED) is 0.202. The number of nitrogens with one attached hydrogen (secondary N) is 3. The number of nitrogens with zero attached hydrogens (tertiary/aromatic N) is 1. The van der Waals surface area contributed by atoms with Crippen LogP contribution in [0.4, 0.5) is 4.79 Å². The summed E-state index contributed by atoms with van der Waals surface area (Å²) in [7, 11) is 0. The van der Waals surface area contributed by atoms with Crippen LogP contribution in [0.25, 0.3) is 0 Å². The van der Waals surface area contributed by atoms with Gasteiger partial charge in [-0.3, -0.25) is 19.2 Å². The van der Waals surface area contributed by atoms with E-state index in [4.69, 9.17) is 10.5 Å². The van der Waals surface area contributed by atoms with Gasteiger partial charge in [0, 0.05) is 6.54 Å². The molecule has 0 aromatic rings. The third-order valence-corrected chi connectivity index (χ3v) is 8.08. The lowest BCUT2D eigenvalue weighted by molar-refractivity contribution is -0.152. The number of likely N-dealkylation sites (tertiary alicyclic amines) is 1. The molecule has 5 atom stereocenters. The van der Waals surface area contributed by atoms with Crippen LogP contribution >= 0.6 is 0 Å². The Morgan fingerprint density at radius 2 is 1.45 bits per heavy atom. The van der Waals surface area contributed by atoms with Gasteiger partial charge in [-0.25, -0.2) is 9.59 Å². The largest absolute Gasteiger partial charge is 0.461 e. The number of urea groups is 1. The summed E-state index contributed by atoms with van der Waals surface area (Å²) in [5.41, 5.74) is 3.99. The normalized spacial score (nSPS) is 21.0. The van der Waals surface area contributed by atoms with E-state index < -0.39 is 65.1 Å². The second kappa shape index (κ2) is 15.2. The molecule has 0 spiro atoms. The van der Waals surface area contributed by atoms with Crippen molar-refractivity contribution in [3.63, 3.8) is 0 Å². The first kappa shape index (κ1) is 37.0. The lowest BCUT2D eigenvalue weighted by atomic mass is 9.85. The van der Waals surface area contributed by atoms with Gasteiger partial charge in [0.05, 0.1) is 6.04 Å². The molecule has 44 heavy (non-hydrogen) atoms. The van der Waals surface area contributed by atoms with Gasteiger partial charge in [0.2, 0.25) is 17.6 Å². The molecule has 0 bridgehead atoms. The van der Waals surface area contributed by atoms with Crippen molar-refractivity contribution in [3.8, 4) is 0 Å². The highest BCUT2D eigenvalue weighted by Crippen LogP contribution is 2.34. The van der Waals surface area contributed by atoms with Gasteiger partial charge in [0.1, 0.15) is 24.2 Å². The standard InChI is InChI=1S/C28H47N5O7.C4H8/c1-15(20(34)22(29)35)30-23(36)19-10-9-13-33(19)24(37)21(28(6,7)8)32-26(39)31-18(14-27(3,4)5)25(38)40-16(2)17-11-12-17;1-4-2-3-4/h15-19,21H,9-14H2,1-8H3,(H2,29,35)(H,30,36)(H2,31,32,39);4H,2-3H2,1H3/t15?,16?,18?,19-,21?;/m0./s1. The third kappa shape index (κ3) is 12.1. The van der Waals surface area contributed by atoms with E-state index in [9.17, 15) is 28.8 Å². The molecular formula is C32H55N5O7. The zero-order chi connectivity index (χ0) is 33.6. The Balaban J connectivity index is 0.00000155. The topological polar surface area (TPSA) is 177 Å². The van der Waals surface area contributed by atoms with Gasteiger partial charge in [-0.15, -0.1) is 0 Å². The summed E-state index contributed by atoms with van der Waals surface area (Å²) >= 11 is 0. The van der Waals surface area contributed by atoms with Crippen LogP contribution in [0.1, 0.15) is 107 Å². The number of nitrogens with two attached hydrogens (primary N) is 1. The molecule has 12 heteroatoms. The zero-order valence-corrected chi connectivity index (χ0v) is 28.1. The molecule has 3 rings (SSSR count). The number of rotatable bonds is 11. The molecule has 1 saturated heterocycles. The van der Waals surface area contributed by atoms with Crippen LogP contribution < -0.4 is 21.7 Å². The second-order valence-corrected chi connectivity index (χ2v) is 15.0. The number of ether oxygens (including phenoxy) is 1. The number of carbonyl (C=O) groups is 6. The maximum atomic E-state index is 13.7. The minimum absolute atomic E-state index is 0.233. The predicted octanol–water partition coefficient (Wildman–Crippen LogP) is 2.81. The lowest BCUT2D eigenvalue weighted by Gasteiger charge is -2.36. The molecule has 2 saturated carbocycles. The van der Waals surface area contributed by atoms with Gasteiger partial charge in [0.25, 0.3) is 5.91 Å². The third-order valence-electron chi connectivity index (χ3n) is 8.08. The van der Waals surface area contributed by atoms with E-state index in [-0.39, 0.29) is 18.1 Å². The Hall–Kier alpha value is -3.18. The fraction of sp³-hybridized carbons (Fsp3) is 0.812. The highest BCUT2D eigenvalue weighted by atomic mass is 16.5. The fourth-order valence-corrected chi connectivity index (χ4v) is 4.94. The molecule has 0 aromatic carbocycles. The Kier molecular flexibility index (Phi) is 12.8. The average Bonchev–Trinajstić information content (AvgIpc) is 3.83. The summed E-state index contributed by atoms with van der Waals surface area (Å²) < 4.78 is 5.63. The predicted molar refractivity (Wildman–Crippen MR) is 166 cm³/mol. The van der Waals surface area contributed by atoms with Crippen LogP contribution in [-0.2, 0) is 28.7 Å². The van der Waals surface area contributed by atoms with E-state index in [1.54, 1.807) is 20.8 Å². The van der Waals surface area contributed by atoms with Gasteiger partial charge in [-0.2, -0.15) is 0 Å². The molecule has 0 radical (unpaired) electrons. The van der Waals surface area contributed by atoms with Crippen molar-refractivity contribution < 1.29 is 33.5 Å². The minimum atomic E-state index is -1.16. The first-order chi connectivity index (χ1) is 20.2. The molecule has 5 N–H and O–H groups in total. The van der Waals surface area contributed by atoms with Crippen LogP contribution in [0.3, 0.4) is 0 Å². The minimum Gasteiger partial charge on any atom is -0.461 e. The molecule has 1 heterocycles. The van der Waals surface area contributed by atoms with E-state index in [0.717, 1.165) is 18.8 Å². The van der Waals surface area contributed by atoms with Gasteiger partial charge >= 0.3 is 12.0 Å². The average molecular weight is 622 g/mol. The molecule has 3 fully saturated rings. The van der Waals surface area contributed by atoms with E-state index >= 15 is 0 Å². The smallest absolute Gasteiger partial charge is 0.328 e. The molecule has 3 aliphatic rings. The molecule has 5 amide bonds. The van der Waals surface area contributed by atoms with Crippen molar-refractivity contribution >= 4 is 35.5 Å². The lowest BCUT2D eigenvalue weighted by Crippen LogP contribution is -2.61. The number of carbonyl (C=O) groups excluding carboxylic acids is 6. The van der Waals surface area contributed by atoms with Crippen molar-refractivity contribution in [2.75, 3.05) is 6.54 Å². The molecule has 12 nitrogen and oxygen atoms in total. The maximum Gasteiger partial charge on any atom is 0.328 e. The molecule has 0 aromatic heterocycles. The van der Waals surface area contributed by atoms with Gasteiger partial charge in [0.15, 0.2) is 0 Å². The summed E-state index contributed by atoms with van der Waals surface area (Å²) in [6, 6.07) is -4.64. The van der Waals surface area contributed by atoms with Gasteiger partial charge < -0.3 is 31.3 Å². The van der Waals surface area contributed by atoms with Gasteiger partial charge in [-0.05, 0) is 68.6 Å². The van der Waals surface area contributed by atoms with E-state index in [1.807, 2.05) is 27.7 Å². The molecule has 1 aliphatic heterocycles. The van der Waals surface area contributed by atoms with Crippen LogP contribution in [0.2, 0.25) is 0 Å². The highest BCUT2D eigenvalue weighted by molar-refractivity contribution is 6.37. The summed E-state index contributed by atoms with van der Waals surface area (Å²) in [5, 5.41) is 7.90. The van der Waals surface area contributed by atoms with Gasteiger partial charge in [-0.1, -0.05) is 61.3 Å². The monoisotopic (exact) mass is 621 g/mol. The summed E-state index contributed by atoms with van der Waals surface area (Å²) in [4.78, 5) is 77.2. The number of amides is 5. The van der Waals surface area contributed by atoms with Crippen LogP contribution in [0.15, 0.2) is 0 Å². The second-order valence-electron chi connectivity index (χ2n) is 15.0. The molecule has 2 aliphatic carbocycles. The van der Waals surface area contributed by atoms with E-state index in [2.05, 4.69) is 22.9 Å². The first-order valence-corrected chi connectivity index (χ1v) is 15.9. The zero-order valence-electron chi connectivity index (χ0n) is 28.1. The maximum absolute atomic E-state index is 13.7. The van der Waals surface area contributed by atoms with E-state index in [0.29, 0.717) is 25.2 Å². The number of primary amides is 1. The Morgan fingerprint density at radius 3 is 1.91 bits per heavy atom. The van der Waals surface area contributed by atoms with Crippen molar-refractivity contribution in [1.29, 1.82) is 0 Å². The van der Waals surface area contributed by atoms with Crippen LogP contribution in [0.5, 0.6) is 0 Å². The van der Waals surface area contributed by atoms with Crippen molar-refractivity contribution in [2.24, 2.45) is 28.4 Å². The highest BCUT2D eigenvalue weighted by Gasteiger charge is 2.43. The molecule has 4 unspecified atom stereocenters. The number of Topliss-reactive ketones (excluding diaryl/α,β-unsaturated/α-hetero) is 1. The molecule has 250 valence electrons. The van der Waals surface area contributed by atoms with Crippen LogP contribution in [0, 0.1) is 22.7 Å². The first-order valence-electron chi connectivity index (χ1n) is 15.9. The Morgan fingerprint density at radius 1 is 0.886 bits per heavy atom. The summed E-state index contributed by atoms with van der Waals surface area (Å²) in [5.74, 6) is -2.23. The Bertz CT molecular complexity index is 1070.